The molecule has 114 valence electrons. The first kappa shape index (κ1) is 16.0. The summed E-state index contributed by atoms with van der Waals surface area (Å²) in [4.78, 5) is 0. The molecule has 1 saturated heterocycles. The highest BCUT2D eigenvalue weighted by atomic mass is 16.5. The van der Waals surface area contributed by atoms with Gasteiger partial charge in [0.15, 0.2) is 0 Å². The predicted molar refractivity (Wildman–Crippen MR) is 82.9 cm³/mol. The maximum absolute atomic E-state index is 10.0. The molecular formula is C18H24O3. The Morgan fingerprint density at radius 2 is 2.24 bits per heavy atom. The maximum atomic E-state index is 10.0. The Bertz CT molecular complexity index is 476. The summed E-state index contributed by atoms with van der Waals surface area (Å²) in [6.45, 7) is 6.91. The third-order valence-corrected chi connectivity index (χ3v) is 3.91. The van der Waals surface area contributed by atoms with E-state index in [0.29, 0.717) is 19.6 Å². The number of hydrogen-bond acceptors (Lipinski definition) is 3. The van der Waals surface area contributed by atoms with Gasteiger partial charge in [0.05, 0.1) is 24.9 Å². The van der Waals surface area contributed by atoms with Crippen molar-refractivity contribution in [2.75, 3.05) is 6.61 Å². The van der Waals surface area contributed by atoms with Crippen LogP contribution >= 0.6 is 0 Å². The van der Waals surface area contributed by atoms with Crippen LogP contribution in [0.15, 0.2) is 48.2 Å². The molecule has 2 rings (SSSR count). The van der Waals surface area contributed by atoms with Crippen molar-refractivity contribution in [3.8, 4) is 0 Å². The second-order valence-corrected chi connectivity index (χ2v) is 5.50. The molecule has 0 spiro atoms. The largest absolute Gasteiger partial charge is 0.390 e. The molecule has 0 aromatic heterocycles. The lowest BCUT2D eigenvalue weighted by molar-refractivity contribution is -0.0958. The van der Waals surface area contributed by atoms with Gasteiger partial charge in [-0.15, -0.1) is 5.73 Å². The first-order chi connectivity index (χ1) is 10.2. The zero-order valence-corrected chi connectivity index (χ0v) is 12.6. The van der Waals surface area contributed by atoms with E-state index in [1.54, 1.807) is 0 Å². The van der Waals surface area contributed by atoms with E-state index >= 15 is 0 Å². The lowest BCUT2D eigenvalue weighted by Crippen LogP contribution is -2.37. The molecule has 0 saturated carbocycles. The predicted octanol–water partition coefficient (Wildman–Crippen LogP) is 3.23. The smallest absolute Gasteiger partial charge is 0.0885 e. The Morgan fingerprint density at radius 3 is 2.90 bits per heavy atom. The third kappa shape index (κ3) is 4.83. The fourth-order valence-corrected chi connectivity index (χ4v) is 2.51. The van der Waals surface area contributed by atoms with Crippen LogP contribution in [0.2, 0.25) is 0 Å². The lowest BCUT2D eigenvalue weighted by Gasteiger charge is -2.31. The van der Waals surface area contributed by atoms with Crippen molar-refractivity contribution in [3.05, 3.63) is 53.8 Å². The van der Waals surface area contributed by atoms with Gasteiger partial charge in [0, 0.05) is 13.0 Å². The van der Waals surface area contributed by atoms with Crippen molar-refractivity contribution in [2.24, 2.45) is 0 Å². The molecule has 0 unspecified atom stereocenters. The molecule has 0 radical (unpaired) electrons. The molecule has 3 nitrogen and oxygen atoms in total. The molecule has 3 heteroatoms. The van der Waals surface area contributed by atoms with Crippen LogP contribution in [0.5, 0.6) is 0 Å². The Balaban J connectivity index is 1.96. The van der Waals surface area contributed by atoms with Gasteiger partial charge in [0.2, 0.25) is 0 Å². The number of benzene rings is 1. The quantitative estimate of drug-likeness (QED) is 0.817. The van der Waals surface area contributed by atoms with Crippen LogP contribution < -0.4 is 0 Å². The number of hydrogen-bond donors (Lipinski definition) is 1. The average molecular weight is 288 g/mol. The average Bonchev–Trinajstić information content (AvgIpc) is 2.53. The van der Waals surface area contributed by atoms with Crippen molar-refractivity contribution >= 4 is 0 Å². The van der Waals surface area contributed by atoms with Crippen LogP contribution in [0.25, 0.3) is 0 Å². The van der Waals surface area contributed by atoms with Crippen molar-refractivity contribution < 1.29 is 14.6 Å². The lowest BCUT2D eigenvalue weighted by atomic mass is 9.97. The SMILES string of the molecule is C=C=C(C)[C@@H](C[C@H]1OCCC[C@@H]1O)OCc1ccccc1. The first-order valence-electron chi connectivity index (χ1n) is 7.52. The zero-order chi connectivity index (χ0) is 15.1. The Labute approximate surface area is 126 Å². The van der Waals surface area contributed by atoms with Gasteiger partial charge in [-0.1, -0.05) is 36.9 Å². The highest BCUT2D eigenvalue weighted by Crippen LogP contribution is 2.22. The Hall–Kier alpha value is -1.38. The molecule has 3 atom stereocenters. The van der Waals surface area contributed by atoms with Gasteiger partial charge in [-0.05, 0) is 30.9 Å². The van der Waals surface area contributed by atoms with Gasteiger partial charge < -0.3 is 14.6 Å². The zero-order valence-electron chi connectivity index (χ0n) is 12.6. The van der Waals surface area contributed by atoms with E-state index in [9.17, 15) is 5.11 Å². The van der Waals surface area contributed by atoms with Crippen LogP contribution in [0.4, 0.5) is 0 Å². The van der Waals surface area contributed by atoms with E-state index in [-0.39, 0.29) is 12.2 Å². The number of aliphatic hydroxyl groups excluding tert-OH is 1. The maximum Gasteiger partial charge on any atom is 0.0885 e. The van der Waals surface area contributed by atoms with E-state index in [1.165, 1.54) is 0 Å². The third-order valence-electron chi connectivity index (χ3n) is 3.91. The van der Waals surface area contributed by atoms with Gasteiger partial charge >= 0.3 is 0 Å². The van der Waals surface area contributed by atoms with Gasteiger partial charge in [-0.2, -0.15) is 0 Å². The second kappa shape index (κ2) is 8.16. The van der Waals surface area contributed by atoms with Crippen LogP contribution in [-0.2, 0) is 16.1 Å². The number of aliphatic hydroxyl groups is 1. The molecule has 0 aliphatic carbocycles. The highest BCUT2D eigenvalue weighted by Gasteiger charge is 2.28. The van der Waals surface area contributed by atoms with Crippen molar-refractivity contribution in [1.29, 1.82) is 0 Å². The van der Waals surface area contributed by atoms with Crippen LogP contribution in [0.3, 0.4) is 0 Å². The highest BCUT2D eigenvalue weighted by molar-refractivity contribution is 5.14. The van der Waals surface area contributed by atoms with Gasteiger partial charge in [-0.25, -0.2) is 0 Å². The fraction of sp³-hybridized carbons (Fsp3) is 0.500. The normalized spacial score (nSPS) is 23.3. The molecule has 1 heterocycles. The van der Waals surface area contributed by atoms with Crippen LogP contribution in [0, 0.1) is 0 Å². The van der Waals surface area contributed by atoms with E-state index in [2.05, 4.69) is 12.3 Å². The molecule has 1 aliphatic heterocycles. The summed E-state index contributed by atoms with van der Waals surface area (Å²) in [6.07, 6.45) is 1.67. The van der Waals surface area contributed by atoms with Crippen molar-refractivity contribution in [1.82, 2.24) is 0 Å². The molecule has 1 aromatic carbocycles. The summed E-state index contributed by atoms with van der Waals surface area (Å²) in [6, 6.07) is 10.1. The van der Waals surface area contributed by atoms with E-state index in [0.717, 1.165) is 24.0 Å². The summed E-state index contributed by atoms with van der Waals surface area (Å²) in [5, 5.41) is 10.0. The first-order valence-corrected chi connectivity index (χ1v) is 7.52. The summed E-state index contributed by atoms with van der Waals surface area (Å²) >= 11 is 0. The summed E-state index contributed by atoms with van der Waals surface area (Å²) in [5.74, 6) is 0. The molecule has 1 aromatic rings. The second-order valence-electron chi connectivity index (χ2n) is 5.50. The van der Waals surface area contributed by atoms with Crippen LogP contribution in [0.1, 0.15) is 31.7 Å². The Kier molecular flexibility index (Phi) is 6.21. The van der Waals surface area contributed by atoms with Crippen molar-refractivity contribution in [3.63, 3.8) is 0 Å². The summed E-state index contributed by atoms with van der Waals surface area (Å²) in [7, 11) is 0. The number of ether oxygens (including phenoxy) is 2. The summed E-state index contributed by atoms with van der Waals surface area (Å²) < 4.78 is 11.7. The molecule has 0 bridgehead atoms. The molecule has 0 amide bonds. The minimum Gasteiger partial charge on any atom is -0.390 e. The molecule has 1 N–H and O–H groups in total. The number of rotatable bonds is 6. The molecule has 1 aliphatic rings. The minimum atomic E-state index is -0.404. The van der Waals surface area contributed by atoms with Crippen LogP contribution in [-0.4, -0.2) is 30.0 Å². The molecular weight excluding hydrogens is 264 g/mol. The van der Waals surface area contributed by atoms with E-state index in [1.807, 2.05) is 37.3 Å². The standard InChI is InChI=1S/C18H24O3/c1-3-14(2)17(12-18-16(19)10-7-11-20-18)21-13-15-8-5-4-6-9-15/h4-6,8-9,16-19H,1,7,10-13H2,2H3/t16-,17+,18+/m0/s1. The monoisotopic (exact) mass is 288 g/mol. The fourth-order valence-electron chi connectivity index (χ4n) is 2.51. The van der Waals surface area contributed by atoms with E-state index < -0.39 is 6.10 Å². The van der Waals surface area contributed by atoms with Gasteiger partial charge in [0.25, 0.3) is 0 Å². The van der Waals surface area contributed by atoms with Gasteiger partial charge in [0.1, 0.15) is 0 Å². The van der Waals surface area contributed by atoms with Gasteiger partial charge in [-0.3, -0.25) is 0 Å². The summed E-state index contributed by atoms with van der Waals surface area (Å²) in [5.41, 5.74) is 4.99. The topological polar surface area (TPSA) is 38.7 Å². The van der Waals surface area contributed by atoms with E-state index in [4.69, 9.17) is 9.47 Å². The molecule has 1 fully saturated rings. The minimum absolute atomic E-state index is 0.125. The molecule has 21 heavy (non-hydrogen) atoms. The Morgan fingerprint density at radius 1 is 1.48 bits per heavy atom. The van der Waals surface area contributed by atoms with Crippen molar-refractivity contribution in [2.45, 2.75) is 51.1 Å².